The Bertz CT molecular complexity index is 1400. The summed E-state index contributed by atoms with van der Waals surface area (Å²) >= 11 is 13.1. The van der Waals surface area contributed by atoms with Gasteiger partial charge >= 0.3 is 12.0 Å². The molecule has 36 heavy (non-hydrogen) atoms. The van der Waals surface area contributed by atoms with Crippen molar-refractivity contribution in [1.29, 1.82) is 0 Å². The quantitative estimate of drug-likeness (QED) is 0.262. The Kier molecular flexibility index (Phi) is 7.58. The number of nitrogens with zero attached hydrogens (tertiary/aromatic N) is 1. The number of carbonyl (C=O) groups is 4. The molecule has 8 nitrogen and oxygen atoms in total. The van der Waals surface area contributed by atoms with Gasteiger partial charge in [0.05, 0.1) is 20.7 Å². The SMILES string of the molecule is O=C1NC(=O)N(c2ccc(Br)cc2)C(=O)/C1=C/c1cc(Cl)c(OCc2ccc(C(=O)O)cc2)c(Br)c1. The molecule has 0 atom stereocenters. The van der Waals surface area contributed by atoms with Gasteiger partial charge in [-0.25, -0.2) is 14.5 Å². The minimum absolute atomic E-state index is 0.129. The first kappa shape index (κ1) is 25.6. The first-order valence-corrected chi connectivity index (χ1v) is 12.2. The van der Waals surface area contributed by atoms with Gasteiger partial charge in [0.2, 0.25) is 0 Å². The normalized spacial score (nSPS) is 14.7. The van der Waals surface area contributed by atoms with Gasteiger partial charge in [0.15, 0.2) is 5.75 Å². The molecule has 1 aliphatic rings. The molecule has 4 rings (SSSR count). The van der Waals surface area contributed by atoms with Crippen molar-refractivity contribution in [3.63, 3.8) is 0 Å². The lowest BCUT2D eigenvalue weighted by Crippen LogP contribution is -2.54. The highest BCUT2D eigenvalue weighted by atomic mass is 79.9. The number of benzene rings is 3. The van der Waals surface area contributed by atoms with Gasteiger partial charge in [-0.15, -0.1) is 0 Å². The highest BCUT2D eigenvalue weighted by Gasteiger charge is 2.36. The average Bonchev–Trinajstić information content (AvgIpc) is 2.82. The summed E-state index contributed by atoms with van der Waals surface area (Å²) in [5.41, 5.74) is 1.38. The monoisotopic (exact) mass is 632 g/mol. The zero-order valence-corrected chi connectivity index (χ0v) is 22.1. The van der Waals surface area contributed by atoms with E-state index in [1.165, 1.54) is 24.3 Å². The van der Waals surface area contributed by atoms with E-state index in [1.807, 2.05) is 0 Å². The fourth-order valence-electron chi connectivity index (χ4n) is 3.35. The van der Waals surface area contributed by atoms with E-state index < -0.39 is 23.8 Å². The fourth-order valence-corrected chi connectivity index (χ4v) is 4.60. The molecule has 3 aromatic carbocycles. The predicted octanol–water partition coefficient (Wildman–Crippen LogP) is 5.81. The summed E-state index contributed by atoms with van der Waals surface area (Å²) in [5.74, 6) is -2.29. The van der Waals surface area contributed by atoms with Crippen LogP contribution < -0.4 is 15.0 Å². The number of urea groups is 1. The number of carboxylic acid groups (broad SMARTS) is 1. The third-order valence-corrected chi connectivity index (χ3v) is 6.50. The Morgan fingerprint density at radius 1 is 1.03 bits per heavy atom. The van der Waals surface area contributed by atoms with Gasteiger partial charge in [-0.3, -0.25) is 14.9 Å². The standard InChI is InChI=1S/C25H15Br2ClN2O6/c26-16-5-7-17(8-6-16)30-23(32)18(22(31)29-25(30)35)9-14-10-19(27)21(20(28)11-14)36-12-13-1-3-15(4-2-13)24(33)34/h1-11H,12H2,(H,33,34)(H,29,31,35)/b18-9+. The second-order valence-electron chi connectivity index (χ2n) is 7.54. The van der Waals surface area contributed by atoms with Crippen LogP contribution >= 0.6 is 43.5 Å². The van der Waals surface area contributed by atoms with E-state index in [9.17, 15) is 19.2 Å². The van der Waals surface area contributed by atoms with Crippen molar-refractivity contribution in [1.82, 2.24) is 5.32 Å². The summed E-state index contributed by atoms with van der Waals surface area (Å²) in [6.07, 6.45) is 1.33. The second-order valence-corrected chi connectivity index (χ2v) is 9.72. The van der Waals surface area contributed by atoms with Crippen molar-refractivity contribution in [2.24, 2.45) is 0 Å². The van der Waals surface area contributed by atoms with E-state index in [2.05, 4.69) is 37.2 Å². The molecule has 0 bridgehead atoms. The summed E-state index contributed by atoms with van der Waals surface area (Å²) in [6.45, 7) is 0.129. The number of rotatable bonds is 6. The number of ether oxygens (including phenoxy) is 1. The number of carbonyl (C=O) groups excluding carboxylic acids is 3. The molecule has 1 heterocycles. The lowest BCUT2D eigenvalue weighted by Gasteiger charge is -2.26. The molecule has 3 aromatic rings. The minimum Gasteiger partial charge on any atom is -0.486 e. The van der Waals surface area contributed by atoms with Crippen molar-refractivity contribution < 1.29 is 29.0 Å². The summed E-state index contributed by atoms with van der Waals surface area (Å²) in [4.78, 5) is 49.7. The van der Waals surface area contributed by atoms with Gasteiger partial charge in [-0.05, 0) is 81.7 Å². The Morgan fingerprint density at radius 2 is 1.69 bits per heavy atom. The third kappa shape index (κ3) is 5.51. The summed E-state index contributed by atoms with van der Waals surface area (Å²) in [6, 6.07) is 15.0. The Hall–Kier alpha value is -3.47. The number of imide groups is 2. The maximum atomic E-state index is 13.1. The van der Waals surface area contributed by atoms with Gasteiger partial charge in [0.25, 0.3) is 11.8 Å². The molecule has 0 aromatic heterocycles. The minimum atomic E-state index is -1.02. The largest absolute Gasteiger partial charge is 0.486 e. The van der Waals surface area contributed by atoms with Crippen molar-refractivity contribution in [3.05, 3.63) is 96.9 Å². The van der Waals surface area contributed by atoms with Crippen LogP contribution in [0.3, 0.4) is 0 Å². The number of anilines is 1. The van der Waals surface area contributed by atoms with Gasteiger partial charge in [0.1, 0.15) is 12.2 Å². The van der Waals surface area contributed by atoms with Crippen LogP contribution in [0.1, 0.15) is 21.5 Å². The lowest BCUT2D eigenvalue weighted by atomic mass is 10.1. The van der Waals surface area contributed by atoms with Crippen molar-refractivity contribution >= 4 is 79.0 Å². The molecule has 0 aliphatic carbocycles. The van der Waals surface area contributed by atoms with Gasteiger partial charge in [-0.2, -0.15) is 0 Å². The Balaban J connectivity index is 1.57. The Morgan fingerprint density at radius 3 is 2.31 bits per heavy atom. The highest BCUT2D eigenvalue weighted by Crippen LogP contribution is 2.36. The average molecular weight is 635 g/mol. The second kappa shape index (κ2) is 10.7. The van der Waals surface area contributed by atoms with E-state index in [4.69, 9.17) is 21.4 Å². The van der Waals surface area contributed by atoms with E-state index in [-0.39, 0.29) is 22.8 Å². The topological polar surface area (TPSA) is 113 Å². The molecule has 1 fully saturated rings. The van der Waals surface area contributed by atoms with Crippen molar-refractivity contribution in [3.8, 4) is 5.75 Å². The maximum absolute atomic E-state index is 13.1. The molecule has 1 aliphatic heterocycles. The predicted molar refractivity (Wildman–Crippen MR) is 140 cm³/mol. The fraction of sp³-hybridized carbons (Fsp3) is 0.0400. The molecular weight excluding hydrogens is 620 g/mol. The van der Waals surface area contributed by atoms with Crippen LogP contribution in [0.5, 0.6) is 5.75 Å². The van der Waals surface area contributed by atoms with Gasteiger partial charge in [-0.1, -0.05) is 39.7 Å². The van der Waals surface area contributed by atoms with Crippen LogP contribution in [-0.2, 0) is 16.2 Å². The molecule has 0 radical (unpaired) electrons. The number of halogens is 3. The van der Waals surface area contributed by atoms with E-state index >= 15 is 0 Å². The molecule has 11 heteroatoms. The molecule has 0 spiro atoms. The van der Waals surface area contributed by atoms with Crippen LogP contribution in [-0.4, -0.2) is 28.9 Å². The van der Waals surface area contributed by atoms with Gasteiger partial charge in [0, 0.05) is 4.47 Å². The molecule has 1 saturated heterocycles. The summed E-state index contributed by atoms with van der Waals surface area (Å²) in [7, 11) is 0. The lowest BCUT2D eigenvalue weighted by molar-refractivity contribution is -0.122. The highest BCUT2D eigenvalue weighted by molar-refractivity contribution is 9.10. The number of hydrogen-bond acceptors (Lipinski definition) is 5. The number of amides is 4. The summed E-state index contributed by atoms with van der Waals surface area (Å²) < 4.78 is 7.02. The molecular formula is C25H15Br2ClN2O6. The molecule has 2 N–H and O–H groups in total. The molecule has 0 saturated carbocycles. The Labute approximate surface area is 226 Å². The first-order chi connectivity index (χ1) is 17.1. The number of carboxylic acids is 1. The maximum Gasteiger partial charge on any atom is 0.335 e. The molecule has 4 amide bonds. The van der Waals surface area contributed by atoms with Crippen LogP contribution in [0.4, 0.5) is 10.5 Å². The number of nitrogens with one attached hydrogen (secondary N) is 1. The summed E-state index contributed by atoms with van der Waals surface area (Å²) in [5, 5.41) is 11.4. The zero-order valence-electron chi connectivity index (χ0n) is 18.1. The van der Waals surface area contributed by atoms with Gasteiger partial charge < -0.3 is 9.84 Å². The van der Waals surface area contributed by atoms with Crippen LogP contribution in [0.15, 0.2) is 75.2 Å². The zero-order chi connectivity index (χ0) is 26.0. The van der Waals surface area contributed by atoms with Crippen molar-refractivity contribution in [2.45, 2.75) is 6.61 Å². The number of aromatic carboxylic acids is 1. The van der Waals surface area contributed by atoms with Crippen LogP contribution in [0.25, 0.3) is 6.08 Å². The molecule has 182 valence electrons. The first-order valence-electron chi connectivity index (χ1n) is 10.2. The van der Waals surface area contributed by atoms with Crippen molar-refractivity contribution in [2.75, 3.05) is 4.90 Å². The smallest absolute Gasteiger partial charge is 0.335 e. The van der Waals surface area contributed by atoms with E-state index in [0.717, 1.165) is 14.9 Å². The molecule has 0 unspecified atom stereocenters. The van der Waals surface area contributed by atoms with E-state index in [1.54, 1.807) is 42.5 Å². The van der Waals surface area contributed by atoms with Crippen LogP contribution in [0.2, 0.25) is 5.02 Å². The third-order valence-electron chi connectivity index (χ3n) is 5.10. The number of barbiturate groups is 1. The van der Waals surface area contributed by atoms with E-state index in [0.29, 0.717) is 21.5 Å². The number of hydrogen-bond donors (Lipinski definition) is 2. The van der Waals surface area contributed by atoms with Crippen LogP contribution in [0, 0.1) is 0 Å².